The lowest BCUT2D eigenvalue weighted by atomic mass is 9.75. The summed E-state index contributed by atoms with van der Waals surface area (Å²) in [6.07, 6.45) is 2.95. The summed E-state index contributed by atoms with van der Waals surface area (Å²) in [4.78, 5) is 24.8. The Kier molecular flexibility index (Phi) is 5.31. The van der Waals surface area contributed by atoms with Gasteiger partial charge in [0.2, 0.25) is 5.91 Å². The van der Waals surface area contributed by atoms with E-state index in [-0.39, 0.29) is 23.7 Å². The van der Waals surface area contributed by atoms with Gasteiger partial charge in [-0.15, -0.1) is 0 Å². The van der Waals surface area contributed by atoms with Crippen molar-refractivity contribution in [2.45, 2.75) is 32.6 Å². The summed E-state index contributed by atoms with van der Waals surface area (Å²) in [7, 11) is 1.61. The van der Waals surface area contributed by atoms with Crippen molar-refractivity contribution in [1.29, 1.82) is 0 Å². The normalized spacial score (nSPS) is 25.4. The van der Waals surface area contributed by atoms with Gasteiger partial charge in [-0.2, -0.15) is 0 Å². The summed E-state index contributed by atoms with van der Waals surface area (Å²) in [6, 6.07) is 15.3. The molecule has 5 heteroatoms. The summed E-state index contributed by atoms with van der Waals surface area (Å²) >= 11 is 0. The molecule has 0 radical (unpaired) electrons. The van der Waals surface area contributed by atoms with E-state index in [1.54, 1.807) is 7.11 Å². The number of nitrogens with one attached hydrogen (secondary N) is 1. The molecule has 1 saturated heterocycles. The Morgan fingerprint density at radius 2 is 2.00 bits per heavy atom. The van der Waals surface area contributed by atoms with Gasteiger partial charge in [-0.1, -0.05) is 31.2 Å². The van der Waals surface area contributed by atoms with Gasteiger partial charge in [0.05, 0.1) is 25.6 Å². The van der Waals surface area contributed by atoms with Crippen LogP contribution in [0.4, 0.5) is 5.69 Å². The van der Waals surface area contributed by atoms with Gasteiger partial charge < -0.3 is 14.8 Å². The molecule has 0 bridgehead atoms. The number of anilines is 1. The van der Waals surface area contributed by atoms with E-state index in [1.165, 1.54) is 0 Å². The molecule has 152 valence electrons. The number of carbonyl (C=O) groups is 2. The van der Waals surface area contributed by atoms with Crippen molar-refractivity contribution in [2.24, 2.45) is 17.3 Å². The van der Waals surface area contributed by atoms with E-state index < -0.39 is 0 Å². The third-order valence-electron chi connectivity index (χ3n) is 6.26. The zero-order valence-electron chi connectivity index (χ0n) is 16.9. The van der Waals surface area contributed by atoms with Gasteiger partial charge in [-0.3, -0.25) is 9.59 Å². The lowest BCUT2D eigenvalue weighted by Gasteiger charge is -2.24. The van der Waals surface area contributed by atoms with Crippen LogP contribution in [0, 0.1) is 17.3 Å². The fourth-order valence-electron chi connectivity index (χ4n) is 4.91. The summed E-state index contributed by atoms with van der Waals surface area (Å²) in [5.74, 6) is 1.51. The van der Waals surface area contributed by atoms with E-state index in [9.17, 15) is 9.59 Å². The van der Waals surface area contributed by atoms with E-state index in [2.05, 4.69) is 12.2 Å². The monoisotopic (exact) mass is 393 g/mol. The number of esters is 1. The lowest BCUT2D eigenvalue weighted by Crippen LogP contribution is -2.31. The fraction of sp³-hybridized carbons (Fsp3) is 0.417. The second-order valence-electron chi connectivity index (χ2n) is 8.45. The number of carbonyl (C=O) groups excluding carboxylic acids is 2. The third-order valence-corrected chi connectivity index (χ3v) is 6.26. The van der Waals surface area contributed by atoms with Crippen LogP contribution in [-0.2, 0) is 27.2 Å². The highest BCUT2D eigenvalue weighted by atomic mass is 16.5. The van der Waals surface area contributed by atoms with Gasteiger partial charge in [0, 0.05) is 11.6 Å². The van der Waals surface area contributed by atoms with Crippen molar-refractivity contribution < 1.29 is 19.1 Å². The summed E-state index contributed by atoms with van der Waals surface area (Å²) in [5.41, 5.74) is 2.40. The average Bonchev–Trinajstić information content (AvgIpc) is 3.17. The zero-order chi connectivity index (χ0) is 20.4. The molecule has 2 aromatic carbocycles. The molecule has 1 saturated carbocycles. The largest absolute Gasteiger partial charge is 0.497 e. The van der Waals surface area contributed by atoms with Crippen LogP contribution in [0.15, 0.2) is 48.5 Å². The Labute approximate surface area is 171 Å². The molecule has 1 aliphatic heterocycles. The molecule has 4 rings (SSSR count). The lowest BCUT2D eigenvalue weighted by molar-refractivity contribution is -0.146. The Hall–Kier alpha value is -2.82. The number of methoxy groups -OCH3 is 1. The minimum absolute atomic E-state index is 0.0393. The van der Waals surface area contributed by atoms with Crippen LogP contribution in [0.2, 0.25) is 0 Å². The van der Waals surface area contributed by atoms with E-state index >= 15 is 0 Å². The van der Waals surface area contributed by atoms with E-state index in [1.807, 2.05) is 48.5 Å². The van der Waals surface area contributed by atoms with Crippen LogP contribution >= 0.6 is 0 Å². The molecule has 0 spiro atoms. The fourth-order valence-corrected chi connectivity index (χ4v) is 4.91. The first-order valence-corrected chi connectivity index (χ1v) is 10.2. The predicted molar refractivity (Wildman–Crippen MR) is 111 cm³/mol. The quantitative estimate of drug-likeness (QED) is 0.753. The SMILES string of the molecule is COc1cccc(CC(=O)Nc2ccc(C[C@@]34CC(C)CC3COC4=O)cc2)c1. The van der Waals surface area contributed by atoms with Crippen LogP contribution in [0.3, 0.4) is 0 Å². The molecule has 5 nitrogen and oxygen atoms in total. The number of benzene rings is 2. The molecule has 3 atom stereocenters. The standard InChI is InChI=1S/C24H27NO4/c1-16-10-19-15-29-23(27)24(19,13-16)14-17-6-8-20(9-7-17)25-22(26)12-18-4-3-5-21(11-18)28-2/h3-9,11,16,19H,10,12-15H2,1-2H3,(H,25,26)/t16?,19?,24-/m0/s1. The maximum atomic E-state index is 12.5. The Bertz CT molecular complexity index is 907. The van der Waals surface area contributed by atoms with Crippen LogP contribution in [-0.4, -0.2) is 25.6 Å². The van der Waals surface area contributed by atoms with E-state index in [0.29, 0.717) is 24.9 Å². The Morgan fingerprint density at radius 3 is 2.76 bits per heavy atom. The van der Waals surface area contributed by atoms with Gasteiger partial charge in [-0.25, -0.2) is 0 Å². The summed E-state index contributed by atoms with van der Waals surface area (Å²) < 4.78 is 10.6. The van der Waals surface area contributed by atoms with Crippen LogP contribution in [0.25, 0.3) is 0 Å². The molecular formula is C24H27NO4. The summed E-state index contributed by atoms with van der Waals surface area (Å²) in [6.45, 7) is 2.77. The zero-order valence-corrected chi connectivity index (χ0v) is 16.9. The number of fused-ring (bicyclic) bond motifs is 1. The van der Waals surface area contributed by atoms with E-state index in [0.717, 1.165) is 35.4 Å². The molecule has 1 aliphatic carbocycles. The van der Waals surface area contributed by atoms with Gasteiger partial charge in [0.25, 0.3) is 0 Å². The minimum atomic E-state index is -0.365. The molecule has 29 heavy (non-hydrogen) atoms. The molecule has 2 aromatic rings. The number of cyclic esters (lactones) is 1. The molecular weight excluding hydrogens is 366 g/mol. The van der Waals surface area contributed by atoms with Gasteiger partial charge in [-0.05, 0) is 60.6 Å². The molecule has 1 N–H and O–H groups in total. The highest BCUT2D eigenvalue weighted by Gasteiger charge is 2.56. The topological polar surface area (TPSA) is 64.6 Å². The smallest absolute Gasteiger partial charge is 0.312 e. The van der Waals surface area contributed by atoms with Gasteiger partial charge in [0.15, 0.2) is 0 Å². The molecule has 1 heterocycles. The molecule has 1 amide bonds. The molecule has 2 fully saturated rings. The van der Waals surface area contributed by atoms with Gasteiger partial charge in [0.1, 0.15) is 5.75 Å². The Balaban J connectivity index is 1.39. The van der Waals surface area contributed by atoms with Crippen LogP contribution in [0.5, 0.6) is 5.75 Å². The Morgan fingerprint density at radius 1 is 1.21 bits per heavy atom. The molecule has 2 unspecified atom stereocenters. The maximum Gasteiger partial charge on any atom is 0.312 e. The van der Waals surface area contributed by atoms with Crippen molar-refractivity contribution in [1.82, 2.24) is 0 Å². The molecule has 0 aromatic heterocycles. The highest BCUT2D eigenvalue weighted by Crippen LogP contribution is 2.52. The molecule has 2 aliphatic rings. The number of amides is 1. The van der Waals surface area contributed by atoms with Crippen LogP contribution in [0.1, 0.15) is 30.9 Å². The second-order valence-corrected chi connectivity index (χ2v) is 8.45. The van der Waals surface area contributed by atoms with Crippen molar-refractivity contribution >= 4 is 17.6 Å². The average molecular weight is 393 g/mol. The number of rotatable bonds is 6. The van der Waals surface area contributed by atoms with Crippen molar-refractivity contribution in [3.63, 3.8) is 0 Å². The summed E-state index contributed by atoms with van der Waals surface area (Å²) in [5, 5.41) is 2.94. The van der Waals surface area contributed by atoms with E-state index in [4.69, 9.17) is 9.47 Å². The predicted octanol–water partition coefficient (Wildman–Crippen LogP) is 4.01. The number of hydrogen-bond acceptors (Lipinski definition) is 4. The van der Waals surface area contributed by atoms with Crippen molar-refractivity contribution in [3.05, 3.63) is 59.7 Å². The van der Waals surface area contributed by atoms with Gasteiger partial charge >= 0.3 is 5.97 Å². The first-order valence-electron chi connectivity index (χ1n) is 10.2. The second kappa shape index (κ2) is 7.90. The van der Waals surface area contributed by atoms with Crippen molar-refractivity contribution in [3.8, 4) is 5.75 Å². The van der Waals surface area contributed by atoms with Crippen molar-refractivity contribution in [2.75, 3.05) is 19.0 Å². The van der Waals surface area contributed by atoms with Crippen LogP contribution < -0.4 is 10.1 Å². The maximum absolute atomic E-state index is 12.5. The first-order chi connectivity index (χ1) is 14.0. The number of ether oxygens (including phenoxy) is 2. The number of hydrogen-bond donors (Lipinski definition) is 1. The third kappa shape index (κ3) is 4.00. The first kappa shape index (κ1) is 19.5. The minimum Gasteiger partial charge on any atom is -0.497 e. The highest BCUT2D eigenvalue weighted by molar-refractivity contribution is 5.92.